The third-order valence-corrected chi connectivity index (χ3v) is 3.95. The van der Waals surface area contributed by atoms with E-state index in [4.69, 9.17) is 4.74 Å². The third-order valence-electron chi connectivity index (χ3n) is 2.85. The molecule has 1 amide bonds. The Morgan fingerprint density at radius 2 is 2.22 bits per heavy atom. The number of benzene rings is 1. The highest BCUT2D eigenvalue weighted by Gasteiger charge is 2.22. The molecule has 1 aromatic carbocycles. The second-order valence-corrected chi connectivity index (χ2v) is 5.48. The Morgan fingerprint density at radius 1 is 1.39 bits per heavy atom. The van der Waals surface area contributed by atoms with Gasteiger partial charge in [-0.1, -0.05) is 18.2 Å². The van der Waals surface area contributed by atoms with E-state index in [1.807, 2.05) is 30.0 Å². The van der Waals surface area contributed by atoms with Crippen LogP contribution in [0.1, 0.15) is 19.3 Å². The fourth-order valence-electron chi connectivity index (χ4n) is 1.89. The number of thioether (sulfide) groups is 1. The van der Waals surface area contributed by atoms with Gasteiger partial charge in [-0.15, -0.1) is 11.8 Å². The summed E-state index contributed by atoms with van der Waals surface area (Å²) in [4.78, 5) is 12.9. The van der Waals surface area contributed by atoms with Gasteiger partial charge in [0.15, 0.2) is 0 Å². The maximum atomic E-state index is 11.6. The minimum Gasteiger partial charge on any atom is -0.368 e. The van der Waals surface area contributed by atoms with Gasteiger partial charge in [0.1, 0.15) is 6.10 Å². The van der Waals surface area contributed by atoms with Crippen LogP contribution in [0.25, 0.3) is 0 Å². The first-order valence-corrected chi connectivity index (χ1v) is 7.42. The molecular weight excluding hydrogens is 246 g/mol. The molecule has 0 radical (unpaired) electrons. The van der Waals surface area contributed by atoms with Gasteiger partial charge in [0.2, 0.25) is 5.91 Å². The average molecular weight is 265 g/mol. The van der Waals surface area contributed by atoms with Crippen molar-refractivity contribution >= 4 is 17.7 Å². The van der Waals surface area contributed by atoms with E-state index in [9.17, 15) is 4.79 Å². The minimum absolute atomic E-state index is 0.0530. The van der Waals surface area contributed by atoms with Crippen LogP contribution in [0, 0.1) is 0 Å². The number of hydrogen-bond donors (Lipinski definition) is 1. The Kier molecular flexibility index (Phi) is 5.55. The van der Waals surface area contributed by atoms with Crippen LogP contribution in [0.5, 0.6) is 0 Å². The number of ether oxygens (including phenoxy) is 1. The highest BCUT2D eigenvalue weighted by atomic mass is 32.2. The highest BCUT2D eigenvalue weighted by molar-refractivity contribution is 7.99. The molecule has 0 aromatic heterocycles. The minimum atomic E-state index is -0.202. The van der Waals surface area contributed by atoms with Crippen molar-refractivity contribution in [3.8, 4) is 0 Å². The Morgan fingerprint density at radius 3 is 2.94 bits per heavy atom. The second-order valence-electron chi connectivity index (χ2n) is 4.31. The summed E-state index contributed by atoms with van der Waals surface area (Å²) in [6.07, 6.45) is 2.65. The Labute approximate surface area is 112 Å². The molecule has 0 bridgehead atoms. The molecule has 1 saturated heterocycles. The van der Waals surface area contributed by atoms with Gasteiger partial charge in [-0.25, -0.2) is 0 Å². The van der Waals surface area contributed by atoms with Gasteiger partial charge >= 0.3 is 0 Å². The number of amides is 1. The summed E-state index contributed by atoms with van der Waals surface area (Å²) in [5.74, 6) is 1.08. The van der Waals surface area contributed by atoms with Crippen LogP contribution in [0.4, 0.5) is 0 Å². The highest BCUT2D eigenvalue weighted by Crippen LogP contribution is 2.17. The lowest BCUT2D eigenvalue weighted by Crippen LogP contribution is -2.34. The van der Waals surface area contributed by atoms with Crippen LogP contribution in [0.3, 0.4) is 0 Å². The zero-order valence-corrected chi connectivity index (χ0v) is 11.2. The molecule has 1 unspecified atom stereocenters. The summed E-state index contributed by atoms with van der Waals surface area (Å²) in [5, 5.41) is 2.93. The molecule has 1 fully saturated rings. The van der Waals surface area contributed by atoms with Crippen molar-refractivity contribution in [2.75, 3.05) is 18.9 Å². The monoisotopic (exact) mass is 265 g/mol. The van der Waals surface area contributed by atoms with Gasteiger partial charge in [0, 0.05) is 18.0 Å². The maximum absolute atomic E-state index is 11.6. The van der Waals surface area contributed by atoms with E-state index >= 15 is 0 Å². The zero-order chi connectivity index (χ0) is 12.6. The molecule has 0 saturated carbocycles. The quantitative estimate of drug-likeness (QED) is 0.634. The van der Waals surface area contributed by atoms with Crippen LogP contribution < -0.4 is 5.32 Å². The van der Waals surface area contributed by atoms with E-state index in [0.717, 1.165) is 38.2 Å². The Bertz CT molecular complexity index is 363. The molecule has 1 N–H and O–H groups in total. The molecule has 1 atom stereocenters. The first kappa shape index (κ1) is 13.4. The molecule has 1 heterocycles. The molecule has 98 valence electrons. The summed E-state index contributed by atoms with van der Waals surface area (Å²) in [5.41, 5.74) is 0. The molecule has 2 rings (SSSR count). The van der Waals surface area contributed by atoms with Crippen LogP contribution in [0.2, 0.25) is 0 Å². The fourth-order valence-corrected chi connectivity index (χ4v) is 2.76. The predicted octanol–water partition coefficient (Wildman–Crippen LogP) is 2.46. The lowest BCUT2D eigenvalue weighted by atomic mass is 10.2. The van der Waals surface area contributed by atoms with Gasteiger partial charge in [0.25, 0.3) is 0 Å². The van der Waals surface area contributed by atoms with Crippen molar-refractivity contribution in [1.29, 1.82) is 0 Å². The lowest BCUT2D eigenvalue weighted by molar-refractivity contribution is -0.130. The first-order valence-electron chi connectivity index (χ1n) is 6.43. The first-order chi connectivity index (χ1) is 8.86. The van der Waals surface area contributed by atoms with Crippen LogP contribution in [-0.4, -0.2) is 30.9 Å². The smallest absolute Gasteiger partial charge is 0.249 e. The molecular formula is C14H19NO2S. The fraction of sp³-hybridized carbons (Fsp3) is 0.500. The van der Waals surface area contributed by atoms with Gasteiger partial charge < -0.3 is 10.1 Å². The van der Waals surface area contributed by atoms with Crippen molar-refractivity contribution in [2.45, 2.75) is 30.3 Å². The van der Waals surface area contributed by atoms with Crippen molar-refractivity contribution in [3.05, 3.63) is 30.3 Å². The normalized spacial score (nSPS) is 18.8. The Balaban J connectivity index is 1.54. The second kappa shape index (κ2) is 7.44. The molecule has 0 spiro atoms. The van der Waals surface area contributed by atoms with E-state index in [-0.39, 0.29) is 12.0 Å². The summed E-state index contributed by atoms with van der Waals surface area (Å²) in [6.45, 7) is 1.46. The zero-order valence-electron chi connectivity index (χ0n) is 10.4. The van der Waals surface area contributed by atoms with Gasteiger partial charge in [-0.05, 0) is 37.1 Å². The molecule has 18 heavy (non-hydrogen) atoms. The standard InChI is InChI=1S/C14H19NO2S/c16-14(13-8-4-10-17-13)15-9-5-11-18-12-6-2-1-3-7-12/h1-3,6-7,13H,4-5,8-11H2,(H,15,16). The van der Waals surface area contributed by atoms with Gasteiger partial charge in [-0.2, -0.15) is 0 Å². The van der Waals surface area contributed by atoms with Crippen molar-refractivity contribution in [3.63, 3.8) is 0 Å². The third kappa shape index (κ3) is 4.35. The van der Waals surface area contributed by atoms with E-state index < -0.39 is 0 Å². The summed E-state index contributed by atoms with van der Waals surface area (Å²) < 4.78 is 5.32. The largest absolute Gasteiger partial charge is 0.368 e. The lowest BCUT2D eigenvalue weighted by Gasteiger charge is -2.10. The molecule has 1 aromatic rings. The van der Waals surface area contributed by atoms with E-state index in [1.165, 1.54) is 4.90 Å². The van der Waals surface area contributed by atoms with E-state index in [0.29, 0.717) is 0 Å². The van der Waals surface area contributed by atoms with Crippen LogP contribution >= 0.6 is 11.8 Å². The SMILES string of the molecule is O=C(NCCCSc1ccccc1)C1CCCO1. The molecule has 1 aliphatic heterocycles. The number of carbonyl (C=O) groups is 1. The summed E-state index contributed by atoms with van der Waals surface area (Å²) in [7, 11) is 0. The molecule has 1 aliphatic rings. The number of hydrogen-bond acceptors (Lipinski definition) is 3. The van der Waals surface area contributed by atoms with Crippen LogP contribution in [-0.2, 0) is 9.53 Å². The van der Waals surface area contributed by atoms with Crippen LogP contribution in [0.15, 0.2) is 35.2 Å². The molecule has 4 heteroatoms. The van der Waals surface area contributed by atoms with Gasteiger partial charge in [-0.3, -0.25) is 4.79 Å². The topological polar surface area (TPSA) is 38.3 Å². The summed E-state index contributed by atoms with van der Waals surface area (Å²) in [6, 6.07) is 10.3. The van der Waals surface area contributed by atoms with Crippen molar-refractivity contribution in [1.82, 2.24) is 5.32 Å². The molecule has 0 aliphatic carbocycles. The predicted molar refractivity (Wildman–Crippen MR) is 73.8 cm³/mol. The number of rotatable bonds is 6. The Hall–Kier alpha value is -1.00. The van der Waals surface area contributed by atoms with E-state index in [1.54, 1.807) is 0 Å². The number of carbonyl (C=O) groups excluding carboxylic acids is 1. The van der Waals surface area contributed by atoms with Gasteiger partial charge in [0.05, 0.1) is 0 Å². The van der Waals surface area contributed by atoms with E-state index in [2.05, 4.69) is 17.4 Å². The molecule has 3 nitrogen and oxygen atoms in total. The maximum Gasteiger partial charge on any atom is 0.249 e. The number of nitrogens with one attached hydrogen (secondary N) is 1. The average Bonchev–Trinajstić information content (AvgIpc) is 2.93. The van der Waals surface area contributed by atoms with Crippen molar-refractivity contribution in [2.24, 2.45) is 0 Å². The van der Waals surface area contributed by atoms with Crippen molar-refractivity contribution < 1.29 is 9.53 Å². The summed E-state index contributed by atoms with van der Waals surface area (Å²) >= 11 is 1.82.